The third-order valence-electron chi connectivity index (χ3n) is 6.20. The maximum atomic E-state index is 13.7. The van der Waals surface area contributed by atoms with Crippen LogP contribution < -0.4 is 9.62 Å². The van der Waals surface area contributed by atoms with Crippen LogP contribution in [0.15, 0.2) is 42.5 Å². The van der Waals surface area contributed by atoms with Gasteiger partial charge in [0.25, 0.3) is 0 Å². The summed E-state index contributed by atoms with van der Waals surface area (Å²) in [6.07, 6.45) is 2.21. The fourth-order valence-electron chi connectivity index (χ4n) is 3.89. The van der Waals surface area contributed by atoms with Gasteiger partial charge in [0.2, 0.25) is 21.8 Å². The van der Waals surface area contributed by atoms with Crippen molar-refractivity contribution < 1.29 is 26.8 Å². The standard InChI is InChI=1S/C27H37F2N3O4S/c1-6-20(4)30-27(34)25(7-2)31(18-21-12-10-19(3)11-13-21)26(33)9-8-16-32(37(5,35)36)22-14-15-23(28)24(29)17-22/h10-15,17,20,25H,6-9,16,18H2,1-5H3,(H,30,34)/t20-,25-/m0/s1. The van der Waals surface area contributed by atoms with E-state index in [1.54, 1.807) is 0 Å². The van der Waals surface area contributed by atoms with Gasteiger partial charge in [-0.25, -0.2) is 17.2 Å². The topological polar surface area (TPSA) is 86.8 Å². The van der Waals surface area contributed by atoms with Crippen LogP contribution in [0.4, 0.5) is 14.5 Å². The van der Waals surface area contributed by atoms with Crippen LogP contribution in [0.1, 0.15) is 57.6 Å². The quantitative estimate of drug-likeness (QED) is 0.406. The van der Waals surface area contributed by atoms with E-state index in [1.165, 1.54) is 11.0 Å². The lowest BCUT2D eigenvalue weighted by molar-refractivity contribution is -0.141. The predicted octanol–water partition coefficient (Wildman–Crippen LogP) is 4.54. The van der Waals surface area contributed by atoms with Crippen LogP contribution in [-0.4, -0.2) is 50.0 Å². The Kier molecular flexibility index (Phi) is 11.0. The largest absolute Gasteiger partial charge is 0.352 e. The molecule has 0 aliphatic heterocycles. The summed E-state index contributed by atoms with van der Waals surface area (Å²) >= 11 is 0. The normalized spacial score (nSPS) is 13.1. The lowest BCUT2D eigenvalue weighted by Crippen LogP contribution is -2.50. The zero-order valence-electron chi connectivity index (χ0n) is 22.1. The molecule has 2 aromatic rings. The van der Waals surface area contributed by atoms with Crippen LogP contribution in [0.5, 0.6) is 0 Å². The molecule has 2 rings (SSSR count). The van der Waals surface area contributed by atoms with E-state index in [9.17, 15) is 26.8 Å². The fourth-order valence-corrected chi connectivity index (χ4v) is 4.85. The van der Waals surface area contributed by atoms with Crippen molar-refractivity contribution in [1.82, 2.24) is 10.2 Å². The van der Waals surface area contributed by atoms with Gasteiger partial charge < -0.3 is 10.2 Å². The number of halogens is 2. The zero-order valence-corrected chi connectivity index (χ0v) is 22.9. The lowest BCUT2D eigenvalue weighted by Gasteiger charge is -2.32. The summed E-state index contributed by atoms with van der Waals surface area (Å²) < 4.78 is 52.7. The molecule has 204 valence electrons. The van der Waals surface area contributed by atoms with Gasteiger partial charge in [-0.2, -0.15) is 0 Å². The molecule has 0 aliphatic carbocycles. The zero-order chi connectivity index (χ0) is 27.8. The van der Waals surface area contributed by atoms with Crippen LogP contribution in [0.25, 0.3) is 0 Å². The fraction of sp³-hybridized carbons (Fsp3) is 0.481. The summed E-state index contributed by atoms with van der Waals surface area (Å²) in [5.41, 5.74) is 1.92. The number of nitrogens with one attached hydrogen (secondary N) is 1. The molecule has 0 bridgehead atoms. The smallest absolute Gasteiger partial charge is 0.243 e. The molecule has 0 aliphatic rings. The number of carbonyl (C=O) groups is 2. The van der Waals surface area contributed by atoms with E-state index in [1.807, 2.05) is 52.0 Å². The first-order valence-corrected chi connectivity index (χ1v) is 14.3. The van der Waals surface area contributed by atoms with E-state index < -0.39 is 27.7 Å². The Bertz CT molecular complexity index is 1170. The number of amides is 2. The second-order valence-electron chi connectivity index (χ2n) is 9.29. The third kappa shape index (κ3) is 8.80. The molecule has 0 aromatic heterocycles. The van der Waals surface area contributed by atoms with Crippen molar-refractivity contribution in [2.75, 3.05) is 17.1 Å². The Balaban J connectivity index is 2.23. The molecule has 0 fully saturated rings. The van der Waals surface area contributed by atoms with E-state index in [4.69, 9.17) is 0 Å². The van der Waals surface area contributed by atoms with Crippen LogP contribution in [0.3, 0.4) is 0 Å². The average Bonchev–Trinajstić information content (AvgIpc) is 2.83. The molecule has 2 aromatic carbocycles. The molecule has 2 atom stereocenters. The molecule has 37 heavy (non-hydrogen) atoms. The number of benzene rings is 2. The second-order valence-corrected chi connectivity index (χ2v) is 11.2. The van der Waals surface area contributed by atoms with Crippen molar-refractivity contribution in [2.45, 2.75) is 72.0 Å². The first-order chi connectivity index (χ1) is 17.4. The molecule has 7 nitrogen and oxygen atoms in total. The van der Waals surface area contributed by atoms with Crippen LogP contribution in [0.2, 0.25) is 0 Å². The summed E-state index contributed by atoms with van der Waals surface area (Å²) in [7, 11) is -3.81. The highest BCUT2D eigenvalue weighted by molar-refractivity contribution is 7.92. The molecule has 10 heteroatoms. The van der Waals surface area contributed by atoms with Gasteiger partial charge in [0.15, 0.2) is 11.6 Å². The highest BCUT2D eigenvalue weighted by atomic mass is 32.2. The molecule has 1 N–H and O–H groups in total. The minimum absolute atomic E-state index is 0.0234. The number of anilines is 1. The van der Waals surface area contributed by atoms with E-state index in [2.05, 4.69) is 5.32 Å². The van der Waals surface area contributed by atoms with Crippen molar-refractivity contribution in [3.63, 3.8) is 0 Å². The molecule has 0 saturated carbocycles. The first-order valence-electron chi connectivity index (χ1n) is 12.5. The number of sulfonamides is 1. The van der Waals surface area contributed by atoms with Crippen molar-refractivity contribution >= 4 is 27.5 Å². The number of carbonyl (C=O) groups excluding carboxylic acids is 2. The number of nitrogens with zero attached hydrogens (tertiary/aromatic N) is 2. The van der Waals surface area contributed by atoms with Crippen molar-refractivity contribution in [1.29, 1.82) is 0 Å². The van der Waals surface area contributed by atoms with Crippen molar-refractivity contribution in [3.05, 3.63) is 65.2 Å². The number of hydrogen-bond donors (Lipinski definition) is 1. The highest BCUT2D eigenvalue weighted by Gasteiger charge is 2.29. The van der Waals surface area contributed by atoms with Gasteiger partial charge in [0.05, 0.1) is 11.9 Å². The third-order valence-corrected chi connectivity index (χ3v) is 7.40. The first kappa shape index (κ1) is 30.2. The van der Waals surface area contributed by atoms with E-state index >= 15 is 0 Å². The Hall–Kier alpha value is -3.01. The number of hydrogen-bond acceptors (Lipinski definition) is 4. The molecule has 0 saturated heterocycles. The van der Waals surface area contributed by atoms with Gasteiger partial charge >= 0.3 is 0 Å². The van der Waals surface area contributed by atoms with Gasteiger partial charge in [-0.15, -0.1) is 0 Å². The van der Waals surface area contributed by atoms with Crippen LogP contribution in [0, 0.1) is 18.6 Å². The van der Waals surface area contributed by atoms with E-state index in [-0.39, 0.29) is 49.5 Å². The van der Waals surface area contributed by atoms with Crippen molar-refractivity contribution in [3.8, 4) is 0 Å². The van der Waals surface area contributed by atoms with Gasteiger partial charge in [-0.05, 0) is 50.8 Å². The molecule has 0 unspecified atom stereocenters. The maximum absolute atomic E-state index is 13.7. The van der Waals surface area contributed by atoms with Gasteiger partial charge in [-0.3, -0.25) is 13.9 Å². The Morgan fingerprint density at radius 3 is 2.19 bits per heavy atom. The Morgan fingerprint density at radius 1 is 1.00 bits per heavy atom. The van der Waals surface area contributed by atoms with E-state index in [0.717, 1.165) is 40.2 Å². The van der Waals surface area contributed by atoms with E-state index in [0.29, 0.717) is 6.42 Å². The monoisotopic (exact) mass is 537 g/mol. The summed E-state index contributed by atoms with van der Waals surface area (Å²) in [6, 6.07) is 9.79. The second kappa shape index (κ2) is 13.5. The molecule has 0 heterocycles. The Morgan fingerprint density at radius 2 is 1.65 bits per heavy atom. The van der Waals surface area contributed by atoms with Gasteiger partial charge in [0, 0.05) is 31.6 Å². The molecule has 2 amide bonds. The SMILES string of the molecule is CC[C@H](C)NC(=O)[C@H](CC)N(Cc1ccc(C)cc1)C(=O)CCCN(c1ccc(F)c(F)c1)S(C)(=O)=O. The van der Waals surface area contributed by atoms with Crippen LogP contribution >= 0.6 is 0 Å². The minimum Gasteiger partial charge on any atom is -0.352 e. The minimum atomic E-state index is -3.81. The highest BCUT2D eigenvalue weighted by Crippen LogP contribution is 2.22. The van der Waals surface area contributed by atoms with Gasteiger partial charge in [0.1, 0.15) is 6.04 Å². The molecular weight excluding hydrogens is 500 g/mol. The van der Waals surface area contributed by atoms with Gasteiger partial charge in [-0.1, -0.05) is 43.7 Å². The number of aryl methyl sites for hydroxylation is 1. The maximum Gasteiger partial charge on any atom is 0.243 e. The molecular formula is C27H37F2N3O4S. The Labute approximate surface area is 218 Å². The summed E-state index contributed by atoms with van der Waals surface area (Å²) in [4.78, 5) is 28.0. The average molecular weight is 538 g/mol. The van der Waals surface area contributed by atoms with Crippen molar-refractivity contribution in [2.24, 2.45) is 0 Å². The number of rotatable bonds is 13. The molecule has 0 spiro atoms. The predicted molar refractivity (Wildman–Crippen MR) is 141 cm³/mol. The van der Waals surface area contributed by atoms with Crippen LogP contribution in [-0.2, 0) is 26.2 Å². The summed E-state index contributed by atoms with van der Waals surface area (Å²) in [5.74, 6) is -2.78. The summed E-state index contributed by atoms with van der Waals surface area (Å²) in [5, 5.41) is 2.95. The lowest BCUT2D eigenvalue weighted by atomic mass is 10.1. The summed E-state index contributed by atoms with van der Waals surface area (Å²) in [6.45, 7) is 7.78. The molecule has 0 radical (unpaired) electrons.